The van der Waals surface area contributed by atoms with Crippen molar-refractivity contribution in [3.05, 3.63) is 24.0 Å². The van der Waals surface area contributed by atoms with Crippen molar-refractivity contribution in [3.8, 4) is 6.07 Å². The molecule has 0 bridgehead atoms. The number of nitrogens with one attached hydrogen (secondary N) is 1. The summed E-state index contributed by atoms with van der Waals surface area (Å²) in [6.45, 7) is 8.07. The molecule has 1 heterocycles. The van der Waals surface area contributed by atoms with E-state index in [-0.39, 0.29) is 0 Å². The molecule has 0 saturated carbocycles. The topological polar surface area (TPSA) is 40.8 Å². The molecule has 0 amide bonds. The molecule has 1 aromatic rings. The number of hydrogen-bond donors (Lipinski definition) is 1. The molecular formula is C13H21N3. The van der Waals surface area contributed by atoms with Gasteiger partial charge in [0.1, 0.15) is 6.54 Å². The van der Waals surface area contributed by atoms with Gasteiger partial charge in [0.15, 0.2) is 0 Å². The van der Waals surface area contributed by atoms with Gasteiger partial charge in [-0.25, -0.2) is 0 Å². The molecule has 0 aliphatic heterocycles. The maximum Gasteiger partial charge on any atom is 0.109 e. The molecule has 0 spiro atoms. The van der Waals surface area contributed by atoms with Gasteiger partial charge in [-0.3, -0.25) is 0 Å². The van der Waals surface area contributed by atoms with Gasteiger partial charge in [0, 0.05) is 18.4 Å². The smallest absolute Gasteiger partial charge is 0.109 e. The van der Waals surface area contributed by atoms with Gasteiger partial charge in [0.2, 0.25) is 0 Å². The Morgan fingerprint density at radius 1 is 1.50 bits per heavy atom. The Kier molecular flexibility index (Phi) is 5.07. The molecule has 1 unspecified atom stereocenters. The average molecular weight is 219 g/mol. The highest BCUT2D eigenvalue weighted by Crippen LogP contribution is 2.21. The standard InChI is InChI=1S/C13H21N3/c1-4-7-15-13(11(2)3)12-5-8-16(10-12)9-6-14/h5,8,10-11,13,15H,4,7,9H2,1-3H3. The largest absolute Gasteiger partial charge is 0.340 e. The minimum atomic E-state index is 0.389. The van der Waals surface area contributed by atoms with Gasteiger partial charge in [-0.1, -0.05) is 20.8 Å². The summed E-state index contributed by atoms with van der Waals surface area (Å²) in [5.41, 5.74) is 1.28. The molecule has 1 atom stereocenters. The fourth-order valence-corrected chi connectivity index (χ4v) is 1.86. The zero-order valence-corrected chi connectivity index (χ0v) is 10.4. The van der Waals surface area contributed by atoms with Crippen LogP contribution in [-0.2, 0) is 6.54 Å². The van der Waals surface area contributed by atoms with E-state index in [9.17, 15) is 0 Å². The van der Waals surface area contributed by atoms with Crippen molar-refractivity contribution in [3.63, 3.8) is 0 Å². The third-order valence-electron chi connectivity index (χ3n) is 2.67. The first-order chi connectivity index (χ1) is 7.69. The molecule has 0 aliphatic rings. The van der Waals surface area contributed by atoms with E-state index in [1.54, 1.807) is 0 Å². The van der Waals surface area contributed by atoms with Crippen LogP contribution in [0.5, 0.6) is 0 Å². The summed E-state index contributed by atoms with van der Waals surface area (Å²) in [7, 11) is 0. The summed E-state index contributed by atoms with van der Waals surface area (Å²) >= 11 is 0. The van der Waals surface area contributed by atoms with Gasteiger partial charge in [-0.05, 0) is 30.5 Å². The Labute approximate surface area is 98.1 Å². The molecule has 1 N–H and O–H groups in total. The van der Waals surface area contributed by atoms with Crippen molar-refractivity contribution in [2.75, 3.05) is 6.54 Å². The second-order valence-electron chi connectivity index (χ2n) is 4.45. The highest BCUT2D eigenvalue weighted by molar-refractivity contribution is 5.16. The fourth-order valence-electron chi connectivity index (χ4n) is 1.86. The average Bonchev–Trinajstić information content (AvgIpc) is 2.67. The Hall–Kier alpha value is -1.27. The van der Waals surface area contributed by atoms with E-state index in [2.05, 4.69) is 44.4 Å². The number of nitriles is 1. The van der Waals surface area contributed by atoms with Crippen molar-refractivity contribution < 1.29 is 0 Å². The Morgan fingerprint density at radius 2 is 2.25 bits per heavy atom. The molecule has 1 aromatic heterocycles. The maximum absolute atomic E-state index is 8.63. The van der Waals surface area contributed by atoms with E-state index >= 15 is 0 Å². The molecule has 0 aromatic carbocycles. The molecule has 1 rings (SSSR count). The molecule has 3 heteroatoms. The van der Waals surface area contributed by atoms with E-state index in [4.69, 9.17) is 5.26 Å². The van der Waals surface area contributed by atoms with Crippen molar-refractivity contribution >= 4 is 0 Å². The van der Waals surface area contributed by atoms with Crippen LogP contribution in [-0.4, -0.2) is 11.1 Å². The van der Waals surface area contributed by atoms with Crippen LogP contribution in [0, 0.1) is 17.2 Å². The number of rotatable bonds is 6. The van der Waals surface area contributed by atoms with E-state index in [1.807, 2.05) is 10.8 Å². The van der Waals surface area contributed by atoms with Crippen molar-refractivity contribution in [2.45, 2.75) is 39.8 Å². The third-order valence-corrected chi connectivity index (χ3v) is 2.67. The van der Waals surface area contributed by atoms with E-state index in [1.165, 1.54) is 5.56 Å². The minimum Gasteiger partial charge on any atom is -0.340 e. The maximum atomic E-state index is 8.63. The minimum absolute atomic E-state index is 0.389. The Balaban J connectivity index is 2.72. The van der Waals surface area contributed by atoms with Crippen LogP contribution in [0.4, 0.5) is 0 Å². The Morgan fingerprint density at radius 3 is 2.81 bits per heavy atom. The molecule has 0 radical (unpaired) electrons. The van der Waals surface area contributed by atoms with Gasteiger partial charge in [0.25, 0.3) is 0 Å². The lowest BCUT2D eigenvalue weighted by Gasteiger charge is -2.21. The lowest BCUT2D eigenvalue weighted by Crippen LogP contribution is -2.26. The second kappa shape index (κ2) is 6.34. The highest BCUT2D eigenvalue weighted by Gasteiger charge is 2.15. The summed E-state index contributed by atoms with van der Waals surface area (Å²) in [5.74, 6) is 0.560. The van der Waals surface area contributed by atoms with E-state index < -0.39 is 0 Å². The molecular weight excluding hydrogens is 198 g/mol. The molecule has 0 aliphatic carbocycles. The van der Waals surface area contributed by atoms with Crippen LogP contribution in [0.1, 0.15) is 38.8 Å². The molecule has 0 fully saturated rings. The number of nitrogens with zero attached hydrogens (tertiary/aromatic N) is 2. The predicted octanol–water partition coefficient (Wildman–Crippen LogP) is 2.71. The predicted molar refractivity (Wildman–Crippen MR) is 65.9 cm³/mol. The third kappa shape index (κ3) is 3.39. The lowest BCUT2D eigenvalue weighted by atomic mass is 9.98. The molecule has 3 nitrogen and oxygen atoms in total. The molecule has 88 valence electrons. The van der Waals surface area contributed by atoms with Gasteiger partial charge < -0.3 is 9.88 Å². The summed E-state index contributed by atoms with van der Waals surface area (Å²) in [4.78, 5) is 0. The van der Waals surface area contributed by atoms with Crippen LogP contribution in [0.15, 0.2) is 18.5 Å². The first-order valence-electron chi connectivity index (χ1n) is 5.95. The van der Waals surface area contributed by atoms with Gasteiger partial charge in [0.05, 0.1) is 6.07 Å². The van der Waals surface area contributed by atoms with Crippen LogP contribution in [0.3, 0.4) is 0 Å². The molecule has 0 saturated heterocycles. The first-order valence-corrected chi connectivity index (χ1v) is 5.95. The zero-order valence-electron chi connectivity index (χ0n) is 10.4. The van der Waals surface area contributed by atoms with Crippen molar-refractivity contribution in [1.82, 2.24) is 9.88 Å². The Bertz CT molecular complexity index is 346. The lowest BCUT2D eigenvalue weighted by molar-refractivity contribution is 0.412. The van der Waals surface area contributed by atoms with Crippen LogP contribution in [0.25, 0.3) is 0 Å². The van der Waals surface area contributed by atoms with E-state index in [0.29, 0.717) is 18.5 Å². The summed E-state index contributed by atoms with van der Waals surface area (Å²) in [6, 6.07) is 4.64. The first kappa shape index (κ1) is 12.8. The SMILES string of the molecule is CCCNC(c1ccn(CC#N)c1)C(C)C. The van der Waals surface area contributed by atoms with Crippen molar-refractivity contribution in [1.29, 1.82) is 5.26 Å². The van der Waals surface area contributed by atoms with Gasteiger partial charge in [-0.2, -0.15) is 5.26 Å². The van der Waals surface area contributed by atoms with Crippen LogP contribution < -0.4 is 5.32 Å². The monoisotopic (exact) mass is 219 g/mol. The second-order valence-corrected chi connectivity index (χ2v) is 4.45. The van der Waals surface area contributed by atoms with Crippen LogP contribution in [0.2, 0.25) is 0 Å². The quantitative estimate of drug-likeness (QED) is 0.799. The summed E-state index contributed by atoms with van der Waals surface area (Å²) in [6.07, 6.45) is 5.18. The zero-order chi connectivity index (χ0) is 12.0. The summed E-state index contributed by atoms with van der Waals surface area (Å²) in [5, 5.41) is 12.2. The normalized spacial score (nSPS) is 12.7. The van der Waals surface area contributed by atoms with E-state index in [0.717, 1.165) is 13.0 Å². The van der Waals surface area contributed by atoms with Crippen molar-refractivity contribution in [2.24, 2.45) is 5.92 Å². The van der Waals surface area contributed by atoms with Crippen LogP contribution >= 0.6 is 0 Å². The highest BCUT2D eigenvalue weighted by atomic mass is 15.0. The fraction of sp³-hybridized carbons (Fsp3) is 0.615. The summed E-state index contributed by atoms with van der Waals surface area (Å²) < 4.78 is 1.93. The number of hydrogen-bond acceptors (Lipinski definition) is 2. The van der Waals surface area contributed by atoms with Gasteiger partial charge in [-0.15, -0.1) is 0 Å². The van der Waals surface area contributed by atoms with Gasteiger partial charge >= 0.3 is 0 Å². The number of aromatic nitrogens is 1. The molecule has 16 heavy (non-hydrogen) atoms.